The third kappa shape index (κ3) is 4.37. The zero-order valence-corrected chi connectivity index (χ0v) is 11.8. The molecular weight excluding hydrogens is 283 g/mol. The molecule has 17 heavy (non-hydrogen) atoms. The maximum absolute atomic E-state index is 13.4. The first kappa shape index (κ1) is 14.6. The van der Waals surface area contributed by atoms with Gasteiger partial charge in [0.05, 0.1) is 4.47 Å². The van der Waals surface area contributed by atoms with Crippen LogP contribution in [0.25, 0.3) is 0 Å². The van der Waals surface area contributed by atoms with Crippen molar-refractivity contribution in [2.24, 2.45) is 5.84 Å². The van der Waals surface area contributed by atoms with Crippen LogP contribution in [-0.4, -0.2) is 0 Å². The van der Waals surface area contributed by atoms with Gasteiger partial charge in [-0.3, -0.25) is 11.3 Å². The van der Waals surface area contributed by atoms with Gasteiger partial charge >= 0.3 is 0 Å². The van der Waals surface area contributed by atoms with Crippen LogP contribution in [-0.2, 0) is 0 Å². The molecule has 0 aliphatic carbocycles. The minimum Gasteiger partial charge on any atom is -0.271 e. The van der Waals surface area contributed by atoms with Crippen LogP contribution in [0.1, 0.15) is 50.6 Å². The van der Waals surface area contributed by atoms with Gasteiger partial charge in [-0.25, -0.2) is 4.39 Å². The van der Waals surface area contributed by atoms with Gasteiger partial charge in [0.25, 0.3) is 0 Å². The summed E-state index contributed by atoms with van der Waals surface area (Å²) in [4.78, 5) is 0. The van der Waals surface area contributed by atoms with E-state index in [4.69, 9.17) is 5.84 Å². The summed E-state index contributed by atoms with van der Waals surface area (Å²) in [6, 6.07) is 5.07. The van der Waals surface area contributed by atoms with E-state index in [1.807, 2.05) is 6.07 Å². The Morgan fingerprint density at radius 2 is 2.12 bits per heavy atom. The molecule has 0 aliphatic heterocycles. The van der Waals surface area contributed by atoms with Crippen LogP contribution in [0.2, 0.25) is 0 Å². The summed E-state index contributed by atoms with van der Waals surface area (Å²) in [5, 5.41) is 0. The molecule has 1 aromatic rings. The number of hydrogen-bond donors (Lipinski definition) is 2. The lowest BCUT2D eigenvalue weighted by Gasteiger charge is -2.18. The van der Waals surface area contributed by atoms with Crippen molar-refractivity contribution < 1.29 is 4.39 Å². The van der Waals surface area contributed by atoms with E-state index in [0.29, 0.717) is 4.47 Å². The largest absolute Gasteiger partial charge is 0.271 e. The molecular formula is C13H20BrFN2. The standard InChI is InChI=1S/C13H20BrFN2/c1-2-3-4-5-9-12(17-16)10-7-6-8-11(15)13(10)14/h6-8,12,17H,2-5,9,16H2,1H3. The topological polar surface area (TPSA) is 38.0 Å². The highest BCUT2D eigenvalue weighted by molar-refractivity contribution is 9.10. The summed E-state index contributed by atoms with van der Waals surface area (Å²) in [6.07, 6.45) is 5.68. The number of rotatable bonds is 7. The molecule has 96 valence electrons. The van der Waals surface area contributed by atoms with E-state index in [1.165, 1.54) is 25.3 Å². The zero-order chi connectivity index (χ0) is 12.7. The van der Waals surface area contributed by atoms with Crippen molar-refractivity contribution in [3.63, 3.8) is 0 Å². The van der Waals surface area contributed by atoms with E-state index in [0.717, 1.165) is 18.4 Å². The lowest BCUT2D eigenvalue weighted by molar-refractivity contribution is 0.477. The number of nitrogens with two attached hydrogens (primary N) is 1. The number of hydrogen-bond acceptors (Lipinski definition) is 2. The van der Waals surface area contributed by atoms with E-state index in [9.17, 15) is 4.39 Å². The second-order valence-electron chi connectivity index (χ2n) is 4.21. The predicted molar refractivity (Wildman–Crippen MR) is 72.9 cm³/mol. The van der Waals surface area contributed by atoms with Gasteiger partial charge in [-0.05, 0) is 34.0 Å². The molecule has 1 rings (SSSR count). The Hall–Kier alpha value is -0.450. The summed E-state index contributed by atoms with van der Waals surface area (Å²) in [6.45, 7) is 2.18. The fourth-order valence-corrected chi connectivity index (χ4v) is 2.43. The fraction of sp³-hybridized carbons (Fsp3) is 0.538. The Kier molecular flexibility index (Phi) is 6.70. The molecule has 4 heteroatoms. The third-order valence-electron chi connectivity index (χ3n) is 2.90. The van der Waals surface area contributed by atoms with Gasteiger partial charge < -0.3 is 0 Å². The minimum atomic E-state index is -0.240. The Morgan fingerprint density at radius 1 is 1.35 bits per heavy atom. The summed E-state index contributed by atoms with van der Waals surface area (Å²) in [5.41, 5.74) is 3.66. The molecule has 0 amide bonds. The highest BCUT2D eigenvalue weighted by atomic mass is 79.9. The fourth-order valence-electron chi connectivity index (χ4n) is 1.89. The van der Waals surface area contributed by atoms with Crippen LogP contribution in [0.4, 0.5) is 4.39 Å². The number of unbranched alkanes of at least 4 members (excludes halogenated alkanes) is 3. The van der Waals surface area contributed by atoms with Gasteiger partial charge in [-0.15, -0.1) is 0 Å². The molecule has 2 nitrogen and oxygen atoms in total. The smallest absolute Gasteiger partial charge is 0.137 e. The van der Waals surface area contributed by atoms with Crippen molar-refractivity contribution in [2.75, 3.05) is 0 Å². The van der Waals surface area contributed by atoms with Crippen molar-refractivity contribution in [2.45, 2.75) is 45.1 Å². The molecule has 3 N–H and O–H groups in total. The average Bonchev–Trinajstić information content (AvgIpc) is 2.34. The SMILES string of the molecule is CCCCCCC(NN)c1cccc(F)c1Br. The molecule has 0 saturated carbocycles. The third-order valence-corrected chi connectivity index (χ3v) is 3.74. The van der Waals surface area contributed by atoms with Gasteiger partial charge in [-0.1, -0.05) is 44.7 Å². The van der Waals surface area contributed by atoms with E-state index < -0.39 is 0 Å². The minimum absolute atomic E-state index is 0.0110. The number of hydrazine groups is 1. The number of halogens is 2. The van der Waals surface area contributed by atoms with Crippen LogP contribution in [0, 0.1) is 5.82 Å². The molecule has 0 spiro atoms. The summed E-state index contributed by atoms with van der Waals surface area (Å²) in [7, 11) is 0. The van der Waals surface area contributed by atoms with E-state index in [1.54, 1.807) is 6.07 Å². The number of benzene rings is 1. The number of nitrogens with one attached hydrogen (secondary N) is 1. The maximum atomic E-state index is 13.4. The Labute approximate surface area is 111 Å². The molecule has 1 unspecified atom stereocenters. The van der Waals surface area contributed by atoms with Crippen molar-refractivity contribution in [1.29, 1.82) is 0 Å². The zero-order valence-electron chi connectivity index (χ0n) is 10.2. The van der Waals surface area contributed by atoms with Gasteiger partial charge in [0, 0.05) is 6.04 Å². The first-order valence-corrected chi connectivity index (χ1v) is 6.90. The quantitative estimate of drug-likeness (QED) is 0.453. The first-order valence-electron chi connectivity index (χ1n) is 6.10. The molecule has 0 radical (unpaired) electrons. The second kappa shape index (κ2) is 7.80. The molecule has 1 atom stereocenters. The first-order chi connectivity index (χ1) is 8.20. The van der Waals surface area contributed by atoms with Crippen LogP contribution in [0.15, 0.2) is 22.7 Å². The highest BCUT2D eigenvalue weighted by Gasteiger charge is 2.14. The van der Waals surface area contributed by atoms with Crippen molar-refractivity contribution in [1.82, 2.24) is 5.43 Å². The molecule has 0 heterocycles. The predicted octanol–water partition coefficient (Wildman–Crippen LogP) is 4.06. The Morgan fingerprint density at radius 3 is 2.76 bits per heavy atom. The van der Waals surface area contributed by atoms with Gasteiger partial charge in [0.2, 0.25) is 0 Å². The van der Waals surface area contributed by atoms with Crippen molar-refractivity contribution >= 4 is 15.9 Å². The molecule has 0 fully saturated rings. The molecule has 1 aromatic carbocycles. The van der Waals surface area contributed by atoms with Crippen molar-refractivity contribution in [3.05, 3.63) is 34.1 Å². The van der Waals surface area contributed by atoms with Gasteiger partial charge in [0.15, 0.2) is 0 Å². The van der Waals surface area contributed by atoms with Gasteiger partial charge in [0.1, 0.15) is 5.82 Å². The molecule has 0 saturated heterocycles. The maximum Gasteiger partial charge on any atom is 0.137 e. The second-order valence-corrected chi connectivity index (χ2v) is 5.00. The molecule has 0 aliphatic rings. The monoisotopic (exact) mass is 302 g/mol. The lowest BCUT2D eigenvalue weighted by atomic mass is 10.0. The molecule has 0 aromatic heterocycles. The van der Waals surface area contributed by atoms with Gasteiger partial charge in [-0.2, -0.15) is 0 Å². The van der Waals surface area contributed by atoms with E-state index >= 15 is 0 Å². The highest BCUT2D eigenvalue weighted by Crippen LogP contribution is 2.28. The van der Waals surface area contributed by atoms with E-state index in [2.05, 4.69) is 28.3 Å². The Bertz CT molecular complexity index is 344. The van der Waals surface area contributed by atoms with Crippen LogP contribution in [0.5, 0.6) is 0 Å². The van der Waals surface area contributed by atoms with Crippen molar-refractivity contribution in [3.8, 4) is 0 Å². The van der Waals surface area contributed by atoms with Crippen LogP contribution < -0.4 is 11.3 Å². The normalized spacial score (nSPS) is 12.7. The molecule has 0 bridgehead atoms. The average molecular weight is 303 g/mol. The summed E-state index contributed by atoms with van der Waals surface area (Å²) < 4.78 is 13.9. The van der Waals surface area contributed by atoms with Crippen LogP contribution in [0.3, 0.4) is 0 Å². The lowest BCUT2D eigenvalue weighted by Crippen LogP contribution is -2.28. The van der Waals surface area contributed by atoms with E-state index in [-0.39, 0.29) is 11.9 Å². The Balaban J connectivity index is 2.63. The summed E-state index contributed by atoms with van der Waals surface area (Å²) >= 11 is 3.27. The summed E-state index contributed by atoms with van der Waals surface area (Å²) in [5.74, 6) is 5.31. The van der Waals surface area contributed by atoms with Crippen LogP contribution >= 0.6 is 15.9 Å².